The molecule has 5 nitrogen and oxygen atoms in total. The lowest BCUT2D eigenvalue weighted by molar-refractivity contribution is 0.0699. The van der Waals surface area contributed by atoms with Gasteiger partial charge in [-0.1, -0.05) is 65.8 Å². The Labute approximate surface area is 143 Å². The van der Waals surface area contributed by atoms with E-state index in [0.717, 1.165) is 11.1 Å². The molecule has 5 heteroatoms. The van der Waals surface area contributed by atoms with Crippen molar-refractivity contribution in [2.24, 2.45) is 0 Å². The standard InChI is InChI=1S/C20H14N2O3/c23-20(24)15-12-16(14-9-5-2-6-10-14)21-19-18(15)17(22-25-19)11-13-7-3-1-4-8-13/h1-10,12H,11H2,(H,23,24). The molecule has 2 aromatic carbocycles. The van der Waals surface area contributed by atoms with E-state index in [1.807, 2.05) is 60.7 Å². The van der Waals surface area contributed by atoms with Crippen LogP contribution < -0.4 is 0 Å². The summed E-state index contributed by atoms with van der Waals surface area (Å²) in [6, 6.07) is 20.7. The fourth-order valence-corrected chi connectivity index (χ4v) is 2.85. The van der Waals surface area contributed by atoms with E-state index in [0.29, 0.717) is 23.2 Å². The highest BCUT2D eigenvalue weighted by Gasteiger charge is 2.20. The minimum Gasteiger partial charge on any atom is -0.478 e. The third kappa shape index (κ3) is 2.87. The zero-order valence-electron chi connectivity index (χ0n) is 13.2. The fourth-order valence-electron chi connectivity index (χ4n) is 2.85. The molecule has 0 aliphatic heterocycles. The third-order valence-corrected chi connectivity index (χ3v) is 4.03. The van der Waals surface area contributed by atoms with Crippen molar-refractivity contribution in [3.8, 4) is 11.3 Å². The van der Waals surface area contributed by atoms with Crippen LogP contribution in [0, 0.1) is 0 Å². The number of benzene rings is 2. The van der Waals surface area contributed by atoms with Gasteiger partial charge in [-0.05, 0) is 11.6 Å². The molecule has 2 aromatic heterocycles. The predicted molar refractivity (Wildman–Crippen MR) is 93.4 cm³/mol. The van der Waals surface area contributed by atoms with Crippen LogP contribution >= 0.6 is 0 Å². The van der Waals surface area contributed by atoms with Crippen LogP contribution in [0.2, 0.25) is 0 Å². The van der Waals surface area contributed by atoms with Crippen LogP contribution in [-0.2, 0) is 6.42 Å². The zero-order valence-corrected chi connectivity index (χ0v) is 13.2. The van der Waals surface area contributed by atoms with Gasteiger partial charge in [-0.3, -0.25) is 0 Å². The molecule has 0 radical (unpaired) electrons. The molecular formula is C20H14N2O3. The molecule has 0 saturated carbocycles. The molecule has 2 heterocycles. The van der Waals surface area contributed by atoms with Gasteiger partial charge >= 0.3 is 5.97 Å². The maximum absolute atomic E-state index is 11.8. The molecule has 25 heavy (non-hydrogen) atoms. The second-order valence-electron chi connectivity index (χ2n) is 5.70. The Morgan fingerprint density at radius 1 is 1.00 bits per heavy atom. The van der Waals surface area contributed by atoms with Gasteiger partial charge in [0.2, 0.25) is 0 Å². The summed E-state index contributed by atoms with van der Waals surface area (Å²) < 4.78 is 5.35. The molecule has 0 unspecified atom stereocenters. The highest BCUT2D eigenvalue weighted by molar-refractivity contribution is 6.03. The van der Waals surface area contributed by atoms with E-state index in [9.17, 15) is 9.90 Å². The Morgan fingerprint density at radius 3 is 2.36 bits per heavy atom. The molecule has 0 aliphatic rings. The molecule has 1 N–H and O–H groups in total. The lowest BCUT2D eigenvalue weighted by Crippen LogP contribution is -2.01. The Bertz CT molecular complexity index is 1040. The number of carboxylic acid groups (broad SMARTS) is 1. The second-order valence-corrected chi connectivity index (χ2v) is 5.70. The van der Waals surface area contributed by atoms with Gasteiger partial charge in [0.1, 0.15) is 0 Å². The number of aromatic nitrogens is 2. The molecule has 4 aromatic rings. The summed E-state index contributed by atoms with van der Waals surface area (Å²) >= 11 is 0. The minimum atomic E-state index is -1.03. The van der Waals surface area contributed by atoms with E-state index in [1.165, 1.54) is 0 Å². The molecule has 0 spiro atoms. The van der Waals surface area contributed by atoms with Crippen LogP contribution in [0.25, 0.3) is 22.4 Å². The number of nitrogens with zero attached hydrogens (tertiary/aromatic N) is 2. The molecule has 0 saturated heterocycles. The Morgan fingerprint density at radius 2 is 1.68 bits per heavy atom. The first-order valence-corrected chi connectivity index (χ1v) is 7.84. The summed E-state index contributed by atoms with van der Waals surface area (Å²) in [6.07, 6.45) is 0.487. The lowest BCUT2D eigenvalue weighted by Gasteiger charge is -2.04. The average Bonchev–Trinajstić information content (AvgIpc) is 3.05. The highest BCUT2D eigenvalue weighted by Crippen LogP contribution is 2.28. The maximum Gasteiger partial charge on any atom is 0.336 e. The fraction of sp³-hybridized carbons (Fsp3) is 0.0500. The van der Waals surface area contributed by atoms with Crippen LogP contribution in [0.3, 0.4) is 0 Å². The molecular weight excluding hydrogens is 316 g/mol. The molecule has 122 valence electrons. The lowest BCUT2D eigenvalue weighted by atomic mass is 10.0. The van der Waals surface area contributed by atoms with Gasteiger partial charge in [0, 0.05) is 12.0 Å². The molecule has 4 rings (SSSR count). The number of fused-ring (bicyclic) bond motifs is 1. The molecule has 0 fully saturated rings. The van der Waals surface area contributed by atoms with Crippen molar-refractivity contribution in [2.75, 3.05) is 0 Å². The number of carboxylic acids is 1. The van der Waals surface area contributed by atoms with Crippen molar-refractivity contribution in [1.82, 2.24) is 10.1 Å². The summed E-state index contributed by atoms with van der Waals surface area (Å²) in [5.74, 6) is -1.03. The summed E-state index contributed by atoms with van der Waals surface area (Å²) in [4.78, 5) is 16.3. The first kappa shape index (κ1) is 15.1. The summed E-state index contributed by atoms with van der Waals surface area (Å²) in [5, 5.41) is 14.2. The van der Waals surface area contributed by atoms with Gasteiger partial charge in [-0.2, -0.15) is 0 Å². The quantitative estimate of drug-likeness (QED) is 0.607. The smallest absolute Gasteiger partial charge is 0.336 e. The van der Waals surface area contributed by atoms with Crippen LogP contribution in [0.15, 0.2) is 71.3 Å². The Balaban J connectivity index is 1.87. The van der Waals surface area contributed by atoms with Crippen molar-refractivity contribution in [1.29, 1.82) is 0 Å². The van der Waals surface area contributed by atoms with E-state index in [4.69, 9.17) is 4.52 Å². The van der Waals surface area contributed by atoms with E-state index < -0.39 is 5.97 Å². The number of carbonyl (C=O) groups is 1. The second kappa shape index (κ2) is 6.20. The maximum atomic E-state index is 11.8. The van der Waals surface area contributed by atoms with Gasteiger partial charge in [0.15, 0.2) is 0 Å². The van der Waals surface area contributed by atoms with Crippen LogP contribution in [-0.4, -0.2) is 21.2 Å². The summed E-state index contributed by atoms with van der Waals surface area (Å²) in [6.45, 7) is 0. The topological polar surface area (TPSA) is 76.2 Å². The van der Waals surface area contributed by atoms with E-state index in [2.05, 4.69) is 10.1 Å². The predicted octanol–water partition coefficient (Wildman–Crippen LogP) is 4.18. The van der Waals surface area contributed by atoms with E-state index in [-0.39, 0.29) is 11.3 Å². The minimum absolute atomic E-state index is 0.149. The highest BCUT2D eigenvalue weighted by atomic mass is 16.5. The zero-order chi connectivity index (χ0) is 17.2. The van der Waals surface area contributed by atoms with Crippen LogP contribution in [0.4, 0.5) is 0 Å². The number of rotatable bonds is 4. The normalized spacial score (nSPS) is 10.9. The molecule has 0 aliphatic carbocycles. The Kier molecular flexibility index (Phi) is 3.74. The molecule has 0 amide bonds. The van der Waals surface area contributed by atoms with Crippen LogP contribution in [0.1, 0.15) is 21.6 Å². The van der Waals surface area contributed by atoms with Crippen molar-refractivity contribution in [3.05, 3.63) is 83.6 Å². The SMILES string of the molecule is O=C(O)c1cc(-c2ccccc2)nc2onc(Cc3ccccc3)c12. The number of hydrogen-bond acceptors (Lipinski definition) is 4. The number of pyridine rings is 1. The monoisotopic (exact) mass is 330 g/mol. The van der Waals surface area contributed by atoms with E-state index in [1.54, 1.807) is 6.07 Å². The van der Waals surface area contributed by atoms with E-state index >= 15 is 0 Å². The molecule has 0 atom stereocenters. The van der Waals surface area contributed by atoms with Crippen molar-refractivity contribution >= 4 is 17.1 Å². The van der Waals surface area contributed by atoms with Gasteiger partial charge in [-0.25, -0.2) is 9.78 Å². The number of aromatic carboxylic acids is 1. The third-order valence-electron chi connectivity index (χ3n) is 4.03. The molecule has 0 bridgehead atoms. The van der Waals surface area contributed by atoms with Gasteiger partial charge < -0.3 is 9.63 Å². The Hall–Kier alpha value is -3.47. The average molecular weight is 330 g/mol. The number of hydrogen-bond donors (Lipinski definition) is 1. The van der Waals surface area contributed by atoms with Crippen LogP contribution in [0.5, 0.6) is 0 Å². The first-order chi connectivity index (χ1) is 12.2. The van der Waals surface area contributed by atoms with Crippen molar-refractivity contribution in [3.63, 3.8) is 0 Å². The van der Waals surface area contributed by atoms with Gasteiger partial charge in [-0.15, -0.1) is 0 Å². The largest absolute Gasteiger partial charge is 0.478 e. The summed E-state index contributed by atoms with van der Waals surface area (Å²) in [5.41, 5.74) is 3.37. The van der Waals surface area contributed by atoms with Crippen molar-refractivity contribution in [2.45, 2.75) is 6.42 Å². The van der Waals surface area contributed by atoms with Crippen molar-refractivity contribution < 1.29 is 14.4 Å². The summed E-state index contributed by atoms with van der Waals surface area (Å²) in [7, 11) is 0. The van der Waals surface area contributed by atoms with Gasteiger partial charge in [0.25, 0.3) is 5.71 Å². The first-order valence-electron chi connectivity index (χ1n) is 7.84. The van der Waals surface area contributed by atoms with Gasteiger partial charge in [0.05, 0.1) is 22.3 Å².